The topological polar surface area (TPSA) is 15.7 Å². The minimum Gasteiger partial charge on any atom is -0.492 e. The van der Waals surface area contributed by atoms with E-state index in [2.05, 4.69) is 54.2 Å². The summed E-state index contributed by atoms with van der Waals surface area (Å²) in [5.74, 6) is 0.940. The molecule has 0 fully saturated rings. The van der Waals surface area contributed by atoms with Crippen LogP contribution in [0.3, 0.4) is 0 Å². The van der Waals surface area contributed by atoms with Gasteiger partial charge in [0.2, 0.25) is 0 Å². The fourth-order valence-corrected chi connectivity index (χ4v) is 3.24. The van der Waals surface area contributed by atoms with Crippen molar-refractivity contribution in [3.63, 3.8) is 0 Å². The molecular weight excluding hydrogens is 379 g/mol. The smallest absolute Gasteiger partial charge is 0.124 e. The van der Waals surface area contributed by atoms with E-state index in [0.717, 1.165) is 36.0 Å². The maximum Gasteiger partial charge on any atom is 0.124 e. The van der Waals surface area contributed by atoms with E-state index in [-0.39, 0.29) is 30.9 Å². The molecule has 0 N–H and O–H groups in total. The van der Waals surface area contributed by atoms with Gasteiger partial charge in [0, 0.05) is 30.2 Å². The molecule has 3 rings (SSSR count). The van der Waals surface area contributed by atoms with Crippen molar-refractivity contribution >= 4 is 36.4 Å². The predicted octanol–water partition coefficient (Wildman–Crippen LogP) is 4.53. The van der Waals surface area contributed by atoms with Crippen LogP contribution in [0.2, 0.25) is 5.02 Å². The summed E-state index contributed by atoms with van der Waals surface area (Å²) in [7, 11) is 4.22. The van der Waals surface area contributed by atoms with Crippen molar-refractivity contribution in [2.75, 3.05) is 40.3 Å². The Labute approximate surface area is 167 Å². The summed E-state index contributed by atoms with van der Waals surface area (Å²) in [6, 6.07) is 16.7. The fraction of sp³-hybridized carbons (Fsp3) is 0.368. The highest BCUT2D eigenvalue weighted by Gasteiger charge is 2.28. The van der Waals surface area contributed by atoms with Gasteiger partial charge in [-0.15, -0.1) is 24.8 Å². The molecule has 3 nitrogen and oxygen atoms in total. The number of fused-ring (bicyclic) bond motifs is 1. The summed E-state index contributed by atoms with van der Waals surface area (Å²) >= 11 is 6.28. The second-order valence-electron chi connectivity index (χ2n) is 6.18. The number of rotatable bonds is 4. The zero-order valence-electron chi connectivity index (χ0n) is 14.5. The third kappa shape index (κ3) is 5.50. The minimum atomic E-state index is 0. The van der Waals surface area contributed by atoms with Crippen molar-refractivity contribution in [3.05, 3.63) is 64.7 Å². The molecule has 1 aliphatic rings. The molecule has 0 saturated heterocycles. The van der Waals surface area contributed by atoms with Crippen LogP contribution in [0.15, 0.2) is 48.5 Å². The Morgan fingerprint density at radius 1 is 1.12 bits per heavy atom. The molecule has 6 heteroatoms. The first-order valence-electron chi connectivity index (χ1n) is 8.01. The van der Waals surface area contributed by atoms with Crippen molar-refractivity contribution < 1.29 is 4.74 Å². The Kier molecular flexibility index (Phi) is 9.04. The van der Waals surface area contributed by atoms with E-state index in [4.69, 9.17) is 16.3 Å². The van der Waals surface area contributed by atoms with Crippen molar-refractivity contribution in [2.24, 2.45) is 0 Å². The fourth-order valence-electron chi connectivity index (χ4n) is 3.06. The molecule has 0 amide bonds. The lowest BCUT2D eigenvalue weighted by Gasteiger charge is -2.31. The van der Waals surface area contributed by atoms with E-state index in [1.807, 2.05) is 18.2 Å². The molecule has 0 bridgehead atoms. The molecule has 138 valence electrons. The van der Waals surface area contributed by atoms with Crippen LogP contribution >= 0.6 is 36.4 Å². The van der Waals surface area contributed by atoms with Gasteiger partial charge < -0.3 is 9.64 Å². The first-order valence-corrected chi connectivity index (χ1v) is 8.39. The second-order valence-corrected chi connectivity index (χ2v) is 6.62. The normalized spacial score (nSPS) is 16.9. The van der Waals surface area contributed by atoms with E-state index in [1.54, 1.807) is 0 Å². The maximum absolute atomic E-state index is 6.28. The highest BCUT2D eigenvalue weighted by Crippen LogP contribution is 2.38. The zero-order chi connectivity index (χ0) is 16.2. The number of likely N-dealkylation sites (N-methyl/N-ethyl adjacent to an activating group) is 1. The van der Waals surface area contributed by atoms with Gasteiger partial charge in [-0.3, -0.25) is 4.90 Å². The summed E-state index contributed by atoms with van der Waals surface area (Å²) in [6.07, 6.45) is 0. The minimum absolute atomic E-state index is 0. The molecule has 2 aromatic rings. The average molecular weight is 404 g/mol. The zero-order valence-corrected chi connectivity index (χ0v) is 16.9. The lowest BCUT2D eigenvalue weighted by atomic mass is 9.96. The van der Waals surface area contributed by atoms with Crippen LogP contribution in [0.5, 0.6) is 5.75 Å². The highest BCUT2D eigenvalue weighted by atomic mass is 35.5. The van der Waals surface area contributed by atoms with Crippen LogP contribution in [0, 0.1) is 0 Å². The molecule has 0 aliphatic carbocycles. The maximum atomic E-state index is 6.28. The van der Waals surface area contributed by atoms with E-state index in [9.17, 15) is 0 Å². The molecule has 2 aromatic carbocycles. The molecule has 0 radical (unpaired) electrons. The Morgan fingerprint density at radius 2 is 1.84 bits per heavy atom. The number of hydrogen-bond donors (Lipinski definition) is 0. The number of halogens is 3. The van der Waals surface area contributed by atoms with Crippen LogP contribution in [-0.4, -0.2) is 50.1 Å². The van der Waals surface area contributed by atoms with Gasteiger partial charge in [0.1, 0.15) is 12.4 Å². The molecule has 0 spiro atoms. The van der Waals surface area contributed by atoms with Gasteiger partial charge in [0.25, 0.3) is 0 Å². The summed E-state index contributed by atoms with van der Waals surface area (Å²) in [6.45, 7) is 3.60. The van der Waals surface area contributed by atoms with E-state index >= 15 is 0 Å². The van der Waals surface area contributed by atoms with Crippen LogP contribution in [0.4, 0.5) is 0 Å². The molecule has 0 aromatic heterocycles. The highest BCUT2D eigenvalue weighted by molar-refractivity contribution is 6.30. The quantitative estimate of drug-likeness (QED) is 0.746. The van der Waals surface area contributed by atoms with E-state index < -0.39 is 0 Å². The SMILES string of the molecule is CN(C)CCN1CCOc2ccc(Cl)cc2C1c1ccccc1.Cl.Cl. The van der Waals surface area contributed by atoms with Crippen molar-refractivity contribution in [1.82, 2.24) is 9.80 Å². The Balaban J connectivity index is 0.00000156. The van der Waals surface area contributed by atoms with Gasteiger partial charge in [-0.05, 0) is 37.9 Å². The van der Waals surface area contributed by atoms with Gasteiger partial charge in [-0.2, -0.15) is 0 Å². The Hall–Kier alpha value is -0.970. The van der Waals surface area contributed by atoms with Crippen molar-refractivity contribution in [1.29, 1.82) is 0 Å². The largest absolute Gasteiger partial charge is 0.492 e. The van der Waals surface area contributed by atoms with Gasteiger partial charge in [-0.25, -0.2) is 0 Å². The van der Waals surface area contributed by atoms with Crippen molar-refractivity contribution in [3.8, 4) is 5.75 Å². The van der Waals surface area contributed by atoms with E-state index in [1.165, 1.54) is 5.56 Å². The van der Waals surface area contributed by atoms with Crippen LogP contribution in [0.1, 0.15) is 17.2 Å². The van der Waals surface area contributed by atoms with Crippen molar-refractivity contribution in [2.45, 2.75) is 6.04 Å². The molecule has 25 heavy (non-hydrogen) atoms. The van der Waals surface area contributed by atoms with Gasteiger partial charge in [0.15, 0.2) is 0 Å². The molecule has 0 saturated carbocycles. The number of hydrogen-bond acceptors (Lipinski definition) is 3. The molecule has 1 aliphatic heterocycles. The first-order chi connectivity index (χ1) is 11.1. The molecule has 1 heterocycles. The standard InChI is InChI=1S/C19H23ClN2O.2ClH/c1-21(2)10-11-22-12-13-23-18-9-8-16(20)14-17(18)19(22)15-6-4-3-5-7-15;;/h3-9,14,19H,10-13H2,1-2H3;2*1H. The first kappa shape index (κ1) is 22.1. The van der Waals surface area contributed by atoms with Gasteiger partial charge in [0.05, 0.1) is 6.04 Å². The third-order valence-electron chi connectivity index (χ3n) is 4.22. The average Bonchev–Trinajstić information content (AvgIpc) is 2.72. The van der Waals surface area contributed by atoms with E-state index in [0.29, 0.717) is 6.61 Å². The summed E-state index contributed by atoms with van der Waals surface area (Å²) < 4.78 is 5.98. The van der Waals surface area contributed by atoms with Gasteiger partial charge >= 0.3 is 0 Å². The Morgan fingerprint density at radius 3 is 2.52 bits per heavy atom. The van der Waals surface area contributed by atoms with Gasteiger partial charge in [-0.1, -0.05) is 41.9 Å². The number of nitrogens with zero attached hydrogens (tertiary/aromatic N) is 2. The van der Waals surface area contributed by atoms with Crippen LogP contribution in [-0.2, 0) is 0 Å². The lowest BCUT2D eigenvalue weighted by molar-refractivity contribution is 0.185. The molecular formula is C19H25Cl3N2O. The summed E-state index contributed by atoms with van der Waals surface area (Å²) in [5.41, 5.74) is 2.43. The number of ether oxygens (including phenoxy) is 1. The summed E-state index contributed by atoms with van der Waals surface area (Å²) in [5, 5.41) is 0.753. The third-order valence-corrected chi connectivity index (χ3v) is 4.45. The lowest BCUT2D eigenvalue weighted by Crippen LogP contribution is -2.36. The monoisotopic (exact) mass is 402 g/mol. The number of benzene rings is 2. The predicted molar refractivity (Wildman–Crippen MR) is 110 cm³/mol. The van der Waals surface area contributed by atoms with Crippen LogP contribution in [0.25, 0.3) is 0 Å². The molecule has 1 atom stereocenters. The molecule has 1 unspecified atom stereocenters. The Bertz CT molecular complexity index is 652. The summed E-state index contributed by atoms with van der Waals surface area (Å²) in [4.78, 5) is 4.70. The second kappa shape index (κ2) is 10.2. The van der Waals surface area contributed by atoms with Crippen LogP contribution < -0.4 is 4.74 Å².